The molecule has 4 rings (SSSR count). The summed E-state index contributed by atoms with van der Waals surface area (Å²) < 4.78 is 15.3. The molecule has 0 aliphatic carbocycles. The Morgan fingerprint density at radius 3 is 2.47 bits per heavy atom. The number of aromatic hydroxyl groups is 1. The zero-order chi connectivity index (χ0) is 25.8. The number of nitrogens with zero attached hydrogens (tertiary/aromatic N) is 3. The lowest BCUT2D eigenvalue weighted by atomic mass is 10.00. The lowest BCUT2D eigenvalue weighted by Gasteiger charge is -2.18. The van der Waals surface area contributed by atoms with Crippen LogP contribution in [-0.4, -0.2) is 48.6 Å². The molecule has 2 aromatic heterocycles. The van der Waals surface area contributed by atoms with E-state index in [0.717, 1.165) is 11.1 Å². The number of nitrogens with one attached hydrogen (secondary N) is 1. The lowest BCUT2D eigenvalue weighted by Crippen LogP contribution is -2.35. The van der Waals surface area contributed by atoms with Gasteiger partial charge in [0.15, 0.2) is 0 Å². The van der Waals surface area contributed by atoms with Gasteiger partial charge in [0.1, 0.15) is 29.5 Å². The Labute approximate surface area is 207 Å². The van der Waals surface area contributed by atoms with Crippen LogP contribution in [0.15, 0.2) is 73.1 Å². The fraction of sp³-hybridized carbons (Fsp3) is 0.222. The Morgan fingerprint density at radius 2 is 1.78 bits per heavy atom. The number of aliphatic hydroxyl groups excluding tert-OH is 2. The maximum absolute atomic E-state index is 13.5. The molecule has 2 aromatic carbocycles. The average molecular weight is 491 g/mol. The van der Waals surface area contributed by atoms with Crippen molar-refractivity contribution >= 4 is 5.91 Å². The van der Waals surface area contributed by atoms with Gasteiger partial charge >= 0.3 is 0 Å². The molecule has 0 saturated heterocycles. The molecule has 0 radical (unpaired) electrons. The second-order valence-corrected chi connectivity index (χ2v) is 8.68. The summed E-state index contributed by atoms with van der Waals surface area (Å²) in [6.45, 7) is 3.73. The molecule has 0 fully saturated rings. The van der Waals surface area contributed by atoms with Crippen molar-refractivity contribution in [3.8, 4) is 28.1 Å². The van der Waals surface area contributed by atoms with E-state index in [-0.39, 0.29) is 35.4 Å². The highest BCUT2D eigenvalue weighted by atomic mass is 19.1. The molecule has 36 heavy (non-hydrogen) atoms. The number of phenols is 1. The van der Waals surface area contributed by atoms with Crippen LogP contribution in [0.5, 0.6) is 5.75 Å². The zero-order valence-corrected chi connectivity index (χ0v) is 19.8. The van der Waals surface area contributed by atoms with Crippen molar-refractivity contribution in [3.63, 3.8) is 0 Å². The number of phenolic OH excluding ortho intramolecular Hbond substituents is 1. The van der Waals surface area contributed by atoms with E-state index >= 15 is 0 Å². The molecule has 2 heterocycles. The first-order valence-electron chi connectivity index (χ1n) is 11.5. The van der Waals surface area contributed by atoms with Crippen LogP contribution >= 0.6 is 0 Å². The van der Waals surface area contributed by atoms with Gasteiger partial charge in [0.25, 0.3) is 5.91 Å². The molecule has 9 heteroatoms. The zero-order valence-electron chi connectivity index (χ0n) is 19.8. The highest BCUT2D eigenvalue weighted by Crippen LogP contribution is 2.33. The number of benzene rings is 2. The molecule has 4 N–H and O–H groups in total. The number of para-hydroxylation sites is 1. The summed E-state index contributed by atoms with van der Waals surface area (Å²) in [5.74, 6) is -1.11. The summed E-state index contributed by atoms with van der Waals surface area (Å²) in [5.41, 5.74) is 3.11. The molecular formula is C27H27FN4O4. The minimum Gasteiger partial charge on any atom is -0.507 e. The predicted octanol–water partition coefficient (Wildman–Crippen LogP) is 3.86. The number of amides is 1. The third-order valence-corrected chi connectivity index (χ3v) is 5.76. The van der Waals surface area contributed by atoms with E-state index in [9.17, 15) is 24.5 Å². The number of halogens is 1. The molecule has 4 aromatic rings. The monoisotopic (exact) mass is 490 g/mol. The van der Waals surface area contributed by atoms with Crippen LogP contribution in [0.3, 0.4) is 0 Å². The Bertz CT molecular complexity index is 1350. The first kappa shape index (κ1) is 25.0. The third-order valence-electron chi connectivity index (χ3n) is 5.76. The normalized spacial score (nSPS) is 12.9. The van der Waals surface area contributed by atoms with Gasteiger partial charge in [-0.3, -0.25) is 14.5 Å². The van der Waals surface area contributed by atoms with E-state index in [4.69, 9.17) is 0 Å². The van der Waals surface area contributed by atoms with Crippen LogP contribution in [0.4, 0.5) is 4.39 Å². The Balaban J connectivity index is 1.56. The van der Waals surface area contributed by atoms with Crippen LogP contribution in [0.2, 0.25) is 0 Å². The fourth-order valence-corrected chi connectivity index (χ4v) is 3.73. The topological polar surface area (TPSA) is 120 Å². The number of carbonyl (C=O) groups is 1. The van der Waals surface area contributed by atoms with E-state index < -0.39 is 18.1 Å². The number of pyridine rings is 1. The molecule has 8 nitrogen and oxygen atoms in total. The SMILES string of the molecule is CC(C)n1cc(-c2ccnc(C(O)C(O)CNC(=O)c3ccccc3O)c2)c(-c2ccc(F)cc2)n1. The quantitative estimate of drug-likeness (QED) is 0.298. The highest BCUT2D eigenvalue weighted by Gasteiger charge is 2.23. The summed E-state index contributed by atoms with van der Waals surface area (Å²) >= 11 is 0. The summed E-state index contributed by atoms with van der Waals surface area (Å²) in [4.78, 5) is 16.5. The first-order chi connectivity index (χ1) is 17.2. The molecule has 186 valence electrons. The van der Waals surface area contributed by atoms with Crippen LogP contribution in [-0.2, 0) is 0 Å². The van der Waals surface area contributed by atoms with Crippen LogP contribution in [0.1, 0.15) is 42.0 Å². The molecule has 0 bridgehead atoms. The standard InChI is InChI=1S/C27H27FN4O4/c1-16(2)32-15-21(25(31-32)17-7-9-19(28)10-8-17)18-11-12-29-22(13-18)26(35)24(34)14-30-27(36)20-5-3-4-6-23(20)33/h3-13,15-16,24,26,33-35H,14H2,1-2H3,(H,30,36). The first-order valence-corrected chi connectivity index (χ1v) is 11.5. The molecular weight excluding hydrogens is 463 g/mol. The highest BCUT2D eigenvalue weighted by molar-refractivity contribution is 5.96. The minimum atomic E-state index is -1.39. The predicted molar refractivity (Wildman–Crippen MR) is 133 cm³/mol. The minimum absolute atomic E-state index is 0.0646. The van der Waals surface area contributed by atoms with Crippen molar-refractivity contribution < 1.29 is 24.5 Å². The smallest absolute Gasteiger partial charge is 0.255 e. The van der Waals surface area contributed by atoms with Gasteiger partial charge in [-0.2, -0.15) is 5.10 Å². The van der Waals surface area contributed by atoms with Gasteiger partial charge in [-0.15, -0.1) is 0 Å². The number of rotatable bonds is 8. The molecule has 1 amide bonds. The summed E-state index contributed by atoms with van der Waals surface area (Å²) in [7, 11) is 0. The van der Waals surface area contributed by atoms with E-state index in [0.29, 0.717) is 11.3 Å². The van der Waals surface area contributed by atoms with Gasteiger partial charge in [-0.05, 0) is 67.9 Å². The van der Waals surface area contributed by atoms with Crippen LogP contribution in [0, 0.1) is 5.82 Å². The van der Waals surface area contributed by atoms with E-state index in [1.807, 2.05) is 20.0 Å². The van der Waals surface area contributed by atoms with E-state index in [1.54, 1.807) is 41.1 Å². The third kappa shape index (κ3) is 5.42. The van der Waals surface area contributed by atoms with E-state index in [1.165, 1.54) is 30.5 Å². The molecule has 0 aliphatic rings. The van der Waals surface area contributed by atoms with Gasteiger partial charge in [0, 0.05) is 36.1 Å². The Morgan fingerprint density at radius 1 is 1.06 bits per heavy atom. The number of aliphatic hydroxyl groups is 2. The largest absolute Gasteiger partial charge is 0.507 e. The van der Waals surface area contributed by atoms with Crippen molar-refractivity contribution in [1.29, 1.82) is 0 Å². The lowest BCUT2D eigenvalue weighted by molar-refractivity contribution is 0.0166. The van der Waals surface area contributed by atoms with Crippen molar-refractivity contribution in [1.82, 2.24) is 20.1 Å². The average Bonchev–Trinajstić information content (AvgIpc) is 3.33. The second kappa shape index (κ2) is 10.7. The van der Waals surface area contributed by atoms with E-state index in [2.05, 4.69) is 15.4 Å². The number of aromatic nitrogens is 3. The van der Waals surface area contributed by atoms with Crippen molar-refractivity contribution in [2.75, 3.05) is 6.54 Å². The maximum Gasteiger partial charge on any atom is 0.255 e. The van der Waals surface area contributed by atoms with Crippen LogP contribution in [0.25, 0.3) is 22.4 Å². The second-order valence-electron chi connectivity index (χ2n) is 8.68. The molecule has 2 unspecified atom stereocenters. The molecule has 0 aliphatic heterocycles. The maximum atomic E-state index is 13.5. The number of hydrogen-bond donors (Lipinski definition) is 4. The van der Waals surface area contributed by atoms with Crippen molar-refractivity contribution in [3.05, 3.63) is 90.1 Å². The Hall–Kier alpha value is -4.08. The molecule has 0 spiro atoms. The van der Waals surface area contributed by atoms with Gasteiger partial charge in [-0.25, -0.2) is 4.39 Å². The fourth-order valence-electron chi connectivity index (χ4n) is 3.73. The van der Waals surface area contributed by atoms with Crippen LogP contribution < -0.4 is 5.32 Å². The van der Waals surface area contributed by atoms with Gasteiger partial charge < -0.3 is 20.6 Å². The molecule has 0 saturated carbocycles. The van der Waals surface area contributed by atoms with Gasteiger partial charge in [0.2, 0.25) is 0 Å². The summed E-state index contributed by atoms with van der Waals surface area (Å²) in [6.07, 6.45) is 0.654. The molecule has 2 atom stereocenters. The summed E-state index contributed by atoms with van der Waals surface area (Å²) in [6, 6.07) is 15.6. The Kier molecular flexibility index (Phi) is 7.42. The van der Waals surface area contributed by atoms with Crippen molar-refractivity contribution in [2.45, 2.75) is 32.1 Å². The number of carbonyl (C=O) groups excluding carboxylic acids is 1. The number of hydrogen-bond acceptors (Lipinski definition) is 6. The summed E-state index contributed by atoms with van der Waals surface area (Å²) in [5, 5.41) is 38.2. The van der Waals surface area contributed by atoms with Crippen molar-refractivity contribution in [2.24, 2.45) is 0 Å². The van der Waals surface area contributed by atoms with Gasteiger partial charge in [0.05, 0.1) is 11.3 Å². The van der Waals surface area contributed by atoms with Gasteiger partial charge in [-0.1, -0.05) is 12.1 Å².